The number of carbonyl (C=O) groups is 2. The summed E-state index contributed by atoms with van der Waals surface area (Å²) < 4.78 is 26.7. The number of esters is 2. The topological polar surface area (TPSA) is 107 Å². The van der Waals surface area contributed by atoms with E-state index in [9.17, 15) is 14.8 Å². The third-order valence-electron chi connectivity index (χ3n) is 4.20. The van der Waals surface area contributed by atoms with E-state index in [1.807, 2.05) is 0 Å². The fourth-order valence-electron chi connectivity index (χ4n) is 3.00. The fraction of sp³-hybridized carbons (Fsp3) is 0.421. The molecule has 0 spiro atoms. The van der Waals surface area contributed by atoms with Gasteiger partial charge in [-0.05, 0) is 26.0 Å². The van der Waals surface area contributed by atoms with E-state index in [4.69, 9.17) is 23.7 Å². The zero-order valence-corrected chi connectivity index (χ0v) is 15.9. The van der Waals surface area contributed by atoms with Crippen molar-refractivity contribution in [1.29, 1.82) is 0 Å². The van der Waals surface area contributed by atoms with E-state index in [-0.39, 0.29) is 24.3 Å². The van der Waals surface area contributed by atoms with Crippen LogP contribution in [-0.2, 0) is 18.9 Å². The molecule has 0 atom stereocenters. The van der Waals surface area contributed by atoms with Crippen molar-refractivity contribution < 1.29 is 38.0 Å². The number of carbonyl (C=O) groups excluding carboxylic acids is 2. The Morgan fingerprint density at radius 2 is 1.75 bits per heavy atom. The highest BCUT2D eigenvalue weighted by Gasteiger charge is 2.32. The van der Waals surface area contributed by atoms with Crippen LogP contribution in [0.15, 0.2) is 18.2 Å². The Morgan fingerprint density at radius 1 is 1.11 bits per heavy atom. The van der Waals surface area contributed by atoms with Gasteiger partial charge in [0.05, 0.1) is 44.5 Å². The second-order valence-corrected chi connectivity index (χ2v) is 5.87. The van der Waals surface area contributed by atoms with Gasteiger partial charge in [0.15, 0.2) is 6.29 Å². The summed E-state index contributed by atoms with van der Waals surface area (Å²) in [7, 11) is 1.48. The molecule has 0 unspecified atom stereocenters. The first kappa shape index (κ1) is 19.8. The molecule has 1 aliphatic rings. The molecule has 1 fully saturated rings. The first-order valence-corrected chi connectivity index (χ1v) is 8.87. The number of rotatable bonds is 6. The van der Waals surface area contributed by atoms with E-state index < -0.39 is 23.9 Å². The molecule has 0 amide bonds. The number of pyridine rings is 1. The zero-order chi connectivity index (χ0) is 20.3. The summed E-state index contributed by atoms with van der Waals surface area (Å²) in [6.07, 6.45) is -0.685. The predicted octanol–water partition coefficient (Wildman–Crippen LogP) is 1.88. The van der Waals surface area contributed by atoms with Crippen molar-refractivity contribution in [2.45, 2.75) is 20.1 Å². The molecule has 0 N–H and O–H groups in total. The van der Waals surface area contributed by atoms with Crippen molar-refractivity contribution >= 4 is 22.8 Å². The van der Waals surface area contributed by atoms with Crippen LogP contribution < -0.4 is 9.47 Å². The molecule has 0 aliphatic carbocycles. The average molecular weight is 391 g/mol. The second-order valence-electron chi connectivity index (χ2n) is 5.87. The number of hydrogen-bond acceptors (Lipinski definition) is 8. The van der Waals surface area contributed by atoms with Gasteiger partial charge >= 0.3 is 17.6 Å². The fourth-order valence-corrected chi connectivity index (χ4v) is 3.00. The normalized spacial score (nSPS) is 14.2. The highest BCUT2D eigenvalue weighted by molar-refractivity contribution is 6.03. The van der Waals surface area contributed by atoms with Crippen LogP contribution in [0.1, 0.15) is 46.5 Å². The smallest absolute Gasteiger partial charge is 0.405 e. The van der Waals surface area contributed by atoms with Crippen molar-refractivity contribution in [3.63, 3.8) is 0 Å². The number of benzene rings is 1. The molecule has 1 aliphatic heterocycles. The monoisotopic (exact) mass is 391 g/mol. The minimum Gasteiger partial charge on any atom is -0.618 e. The SMILES string of the molecule is CCOC(=O)c1cc2cc(OC)c(C3OCCO3)cc2[n+]([O-])c1C(=O)OCC. The van der Waals surface area contributed by atoms with Crippen LogP contribution in [0.5, 0.6) is 5.75 Å². The summed E-state index contributed by atoms with van der Waals surface area (Å²) >= 11 is 0. The van der Waals surface area contributed by atoms with Crippen molar-refractivity contribution in [2.75, 3.05) is 33.5 Å². The summed E-state index contributed by atoms with van der Waals surface area (Å²) in [5, 5.41) is 13.4. The van der Waals surface area contributed by atoms with Crippen LogP contribution in [0, 0.1) is 5.21 Å². The van der Waals surface area contributed by atoms with E-state index in [0.717, 1.165) is 0 Å². The molecular weight excluding hydrogens is 370 g/mol. The minimum atomic E-state index is -0.909. The van der Waals surface area contributed by atoms with Gasteiger partial charge in [0.25, 0.3) is 0 Å². The first-order chi connectivity index (χ1) is 13.5. The van der Waals surface area contributed by atoms with E-state index in [2.05, 4.69) is 0 Å². The summed E-state index contributed by atoms with van der Waals surface area (Å²) in [5.41, 5.74) is 0.0462. The molecular formula is C19H21NO8. The van der Waals surface area contributed by atoms with Gasteiger partial charge in [0, 0.05) is 6.07 Å². The van der Waals surface area contributed by atoms with Crippen LogP contribution in [0.4, 0.5) is 0 Å². The molecule has 28 heavy (non-hydrogen) atoms. The molecule has 0 bridgehead atoms. The number of fused-ring (bicyclic) bond motifs is 1. The van der Waals surface area contributed by atoms with Crippen LogP contribution in [0.25, 0.3) is 10.9 Å². The summed E-state index contributed by atoms with van der Waals surface area (Å²) in [6, 6.07) is 4.52. The highest BCUT2D eigenvalue weighted by atomic mass is 16.7. The molecule has 3 rings (SSSR count). The maximum absolute atomic E-state index is 13.0. The number of hydrogen-bond donors (Lipinski definition) is 0. The van der Waals surface area contributed by atoms with Crippen molar-refractivity contribution in [1.82, 2.24) is 0 Å². The van der Waals surface area contributed by atoms with Gasteiger partial charge in [-0.1, -0.05) is 0 Å². The Morgan fingerprint density at radius 3 is 2.36 bits per heavy atom. The third-order valence-corrected chi connectivity index (χ3v) is 4.20. The second kappa shape index (κ2) is 8.41. The number of aromatic nitrogens is 1. The maximum atomic E-state index is 13.0. The highest BCUT2D eigenvalue weighted by Crippen LogP contribution is 2.34. The lowest BCUT2D eigenvalue weighted by Gasteiger charge is -2.16. The standard InChI is InChI=1S/C19H21NO8/c1-4-25-17(21)13-8-11-9-15(24-3)12(19-27-6-7-28-19)10-14(11)20(23)16(13)18(22)26-5-2/h8-10,19H,4-7H2,1-3H3. The largest absolute Gasteiger partial charge is 0.618 e. The van der Waals surface area contributed by atoms with Gasteiger partial charge in [-0.25, -0.2) is 9.59 Å². The Hall–Kier alpha value is -2.91. The molecule has 9 heteroatoms. The molecule has 2 aromatic rings. The molecule has 0 saturated carbocycles. The van der Waals surface area contributed by atoms with Crippen LogP contribution >= 0.6 is 0 Å². The Labute approximate surface area is 161 Å². The zero-order valence-electron chi connectivity index (χ0n) is 15.9. The van der Waals surface area contributed by atoms with Crippen LogP contribution in [0.3, 0.4) is 0 Å². The Bertz CT molecular complexity index is 905. The molecule has 1 aromatic carbocycles. The number of methoxy groups -OCH3 is 1. The summed E-state index contributed by atoms with van der Waals surface area (Å²) in [4.78, 5) is 24.7. The van der Waals surface area contributed by atoms with Crippen molar-refractivity contribution in [3.8, 4) is 5.75 Å². The minimum absolute atomic E-state index is 0.0523. The third kappa shape index (κ3) is 3.58. The summed E-state index contributed by atoms with van der Waals surface area (Å²) in [5.74, 6) is -1.27. The lowest BCUT2D eigenvalue weighted by molar-refractivity contribution is -0.580. The van der Waals surface area contributed by atoms with Crippen molar-refractivity contribution in [2.24, 2.45) is 0 Å². The van der Waals surface area contributed by atoms with Gasteiger partial charge in [0.2, 0.25) is 5.52 Å². The maximum Gasteiger partial charge on any atom is 0.405 e. The number of nitrogens with zero attached hydrogens (tertiary/aromatic N) is 1. The molecule has 2 heterocycles. The van der Waals surface area contributed by atoms with Gasteiger partial charge < -0.3 is 28.9 Å². The molecule has 150 valence electrons. The molecule has 9 nitrogen and oxygen atoms in total. The van der Waals surface area contributed by atoms with Crippen LogP contribution in [-0.4, -0.2) is 45.5 Å². The number of ether oxygens (including phenoxy) is 5. The Balaban J connectivity index is 2.25. The predicted molar refractivity (Wildman–Crippen MR) is 96.0 cm³/mol. The van der Waals surface area contributed by atoms with E-state index in [1.165, 1.54) is 19.2 Å². The van der Waals surface area contributed by atoms with Crippen molar-refractivity contribution in [3.05, 3.63) is 40.2 Å². The van der Waals surface area contributed by atoms with Gasteiger partial charge in [0.1, 0.15) is 11.3 Å². The van der Waals surface area contributed by atoms with E-state index >= 15 is 0 Å². The summed E-state index contributed by atoms with van der Waals surface area (Å²) in [6.45, 7) is 4.21. The van der Waals surface area contributed by atoms with Crippen LogP contribution in [0.2, 0.25) is 0 Å². The molecule has 0 radical (unpaired) electrons. The van der Waals surface area contributed by atoms with E-state index in [1.54, 1.807) is 19.9 Å². The molecule has 1 aromatic heterocycles. The first-order valence-electron chi connectivity index (χ1n) is 8.87. The van der Waals surface area contributed by atoms with Gasteiger partial charge in [-0.3, -0.25) is 0 Å². The quantitative estimate of drug-likeness (QED) is 0.417. The van der Waals surface area contributed by atoms with E-state index in [0.29, 0.717) is 34.6 Å². The van der Waals surface area contributed by atoms with Gasteiger partial charge in [-0.2, -0.15) is 4.73 Å². The van der Waals surface area contributed by atoms with Gasteiger partial charge in [-0.15, -0.1) is 0 Å². The Kier molecular flexibility index (Phi) is 5.96. The molecule has 1 saturated heterocycles. The lowest BCUT2D eigenvalue weighted by Crippen LogP contribution is -2.39. The lowest BCUT2D eigenvalue weighted by atomic mass is 10.0. The average Bonchev–Trinajstić information content (AvgIpc) is 3.21.